The Morgan fingerprint density at radius 1 is 0.225 bits per heavy atom. The van der Waals surface area contributed by atoms with Crippen LogP contribution in [0.4, 0.5) is 52.7 Å². The minimum absolute atomic E-state index is 0.232. The Hall–Kier alpha value is -8.85. The zero-order valence-electron chi connectivity index (χ0n) is 85.7. The molecule has 30 heteroatoms. The van der Waals surface area contributed by atoms with Gasteiger partial charge in [-0.15, -0.1) is 15.3 Å². The lowest BCUT2D eigenvalue weighted by molar-refractivity contribution is 0.0593. The van der Waals surface area contributed by atoms with E-state index in [-0.39, 0.29) is 54.7 Å². The number of hydrogen-bond donors (Lipinski definition) is 0. The highest BCUT2D eigenvalue weighted by Gasteiger charge is 2.34. The second-order valence-corrected chi connectivity index (χ2v) is 43.1. The number of nitrogens with zero attached hydrogens (tertiary/aromatic N) is 9. The quantitative estimate of drug-likeness (QED) is 0.0266. The summed E-state index contributed by atoms with van der Waals surface area (Å²) in [6.45, 7) is 61.9. The zero-order valence-corrected chi connectivity index (χ0v) is 88.1. The molecule has 0 amide bonds. The minimum atomic E-state index is -2.04. The van der Waals surface area contributed by atoms with Crippen LogP contribution >= 0.6 is 35.3 Å². The largest absolute Gasteiger partial charge is 0.374 e. The number of thioether (sulfide) groups is 3. The van der Waals surface area contributed by atoms with E-state index in [1.54, 1.807) is 0 Å². The first kappa shape index (κ1) is 116. The van der Waals surface area contributed by atoms with Gasteiger partial charge in [0.05, 0.1) is 112 Å². The summed E-state index contributed by atoms with van der Waals surface area (Å²) in [7, 11) is 0. The van der Waals surface area contributed by atoms with Gasteiger partial charge >= 0.3 is 0 Å². The monoisotopic (exact) mass is 1980 g/mol. The first-order chi connectivity index (χ1) is 64.7. The van der Waals surface area contributed by atoms with Crippen molar-refractivity contribution in [3.05, 3.63) is 246 Å². The fraction of sp³-hybridized carbons (Fsp3) is 0.500. The number of halogens is 12. The molecule has 0 aliphatic heterocycles. The molecule has 0 saturated heterocycles. The van der Waals surface area contributed by atoms with E-state index in [1.807, 2.05) is 67.9 Å². The Balaban J connectivity index is 0.000000245. The molecule has 0 unspecified atom stereocenters. The van der Waals surface area contributed by atoms with E-state index in [1.165, 1.54) is 91.6 Å². The summed E-state index contributed by atoms with van der Waals surface area (Å²) in [6.07, 6.45) is 7.38. The van der Waals surface area contributed by atoms with Crippen molar-refractivity contribution in [2.45, 2.75) is 353 Å². The van der Waals surface area contributed by atoms with Crippen molar-refractivity contribution in [3.63, 3.8) is 0 Å². The van der Waals surface area contributed by atoms with Crippen LogP contribution in [0.25, 0.3) is 67.2 Å². The molecular formula is C108H141F12N9O6S3. The van der Waals surface area contributed by atoms with Crippen molar-refractivity contribution in [3.8, 4) is 67.2 Å². The molecule has 0 fully saturated rings. The maximum absolute atomic E-state index is 15.4. The Kier molecular flexibility index (Phi) is 45.8. The maximum Gasteiger partial charge on any atom is 0.170 e. The van der Waals surface area contributed by atoms with E-state index >= 15 is 26.3 Å². The van der Waals surface area contributed by atoms with Crippen LogP contribution < -0.4 is 0 Å². The topological polar surface area (TPSA) is 148 Å². The normalized spacial score (nSPS) is 11.9. The van der Waals surface area contributed by atoms with Gasteiger partial charge in [-0.2, -0.15) is 35.3 Å². The third-order valence-corrected chi connectivity index (χ3v) is 24.4. The van der Waals surface area contributed by atoms with E-state index in [9.17, 15) is 26.3 Å². The Morgan fingerprint density at radius 2 is 0.391 bits per heavy atom. The molecule has 0 radical (unpaired) electrons. The highest BCUT2D eigenvalue weighted by molar-refractivity contribution is 7.99. The average Bonchev–Trinajstić information content (AvgIpc) is 0.768. The van der Waals surface area contributed by atoms with Gasteiger partial charge in [-0.1, -0.05) is 153 Å². The van der Waals surface area contributed by atoms with Gasteiger partial charge in [0.2, 0.25) is 0 Å². The van der Waals surface area contributed by atoms with Gasteiger partial charge in [0.25, 0.3) is 0 Å². The average molecular weight is 1990 g/mol. The molecule has 8 aromatic carbocycles. The zero-order chi connectivity index (χ0) is 103. The van der Waals surface area contributed by atoms with Crippen LogP contribution in [0.3, 0.4) is 0 Å². The van der Waals surface area contributed by atoms with E-state index in [0.717, 1.165) is 57.6 Å². The van der Waals surface area contributed by atoms with Gasteiger partial charge in [-0.05, 0) is 261 Å². The predicted octanol–water partition coefficient (Wildman–Crippen LogP) is 31.5. The molecule has 0 bridgehead atoms. The standard InChI is InChI=1S/C33H24F12.C21H27N9.C18H30O3.C18H30O2S.C18H30OS2/c1-10(2)16-22(34)28(40)19(29(41)23(16)35)13-7-14(20-30(42)24(36)17(11(3)4)25(37)31(20)43)9-15(8-13)21-32(44)26(38)18(12(5)6)27(39)33(21)45;1-13(2)28-10-19(22-25-28)16-7-17(20-11-29(14(3)4)26-23-20)9-18(8-16)21-12-30(15(5)6)27-24-21;3*1-13(2)19-10-16-7-17(11-20-14(3)4)9-18(8-16)12-21-15(5)6/h7-12H,1-6H3;7-15H,1-6H3;3*7-9,13-15H,10-12H2,1-6H3. The lowest BCUT2D eigenvalue weighted by Gasteiger charge is -2.19. The smallest absolute Gasteiger partial charge is 0.170 e. The van der Waals surface area contributed by atoms with E-state index in [0.29, 0.717) is 67.0 Å². The highest BCUT2D eigenvalue weighted by Crippen LogP contribution is 2.45. The van der Waals surface area contributed by atoms with Crippen LogP contribution in [0, 0.1) is 69.8 Å². The summed E-state index contributed by atoms with van der Waals surface area (Å²) in [6, 6.07) is 28.4. The van der Waals surface area contributed by atoms with Gasteiger partial charge in [0.1, 0.15) is 17.1 Å². The van der Waals surface area contributed by atoms with Gasteiger partial charge in [-0.25, -0.2) is 66.7 Å². The Labute approximate surface area is 822 Å². The lowest BCUT2D eigenvalue weighted by Crippen LogP contribution is -2.10. The molecule has 0 aliphatic carbocycles. The van der Waals surface area contributed by atoms with Crippen LogP contribution in [0.15, 0.2) is 110 Å². The van der Waals surface area contributed by atoms with Crippen LogP contribution in [0.1, 0.15) is 310 Å². The fourth-order valence-electron chi connectivity index (χ4n) is 14.0. The molecule has 15 nitrogen and oxygen atoms in total. The summed E-state index contributed by atoms with van der Waals surface area (Å²) >= 11 is 5.97. The van der Waals surface area contributed by atoms with Crippen molar-refractivity contribution in [2.75, 3.05) is 0 Å². The van der Waals surface area contributed by atoms with Crippen molar-refractivity contribution >= 4 is 35.3 Å². The van der Waals surface area contributed by atoms with Crippen LogP contribution in [0.2, 0.25) is 0 Å². The van der Waals surface area contributed by atoms with Gasteiger partial charge < -0.3 is 28.4 Å². The molecule has 3 heterocycles. The molecule has 3 aromatic heterocycles. The van der Waals surface area contributed by atoms with Gasteiger partial charge in [0, 0.05) is 68.8 Å². The van der Waals surface area contributed by atoms with Gasteiger partial charge in [0.15, 0.2) is 69.8 Å². The van der Waals surface area contributed by atoms with Gasteiger partial charge in [-0.3, -0.25) is 0 Å². The maximum atomic E-state index is 15.4. The third kappa shape index (κ3) is 34.2. The SMILES string of the molecule is CC(C)OCc1cc(COC(C)C)cc(COC(C)C)c1.CC(C)OCc1cc(COC(C)C)cc(CSC(C)C)c1.CC(C)OCc1cc(CSC(C)C)cc(CSC(C)C)c1.CC(C)c1c(F)c(F)c(-c2cc(-c3c(F)c(F)c(C(C)C)c(F)c3F)cc(-c3c(F)c(F)c(C(C)C)c(F)c3F)c2)c(F)c1F.CC(C)n1cc(-c2cc(-c3cn(C(C)C)nn3)cc(-c3cn(C(C)C)nn3)c2)nn1. The van der Waals surface area contributed by atoms with Crippen molar-refractivity contribution in [1.29, 1.82) is 0 Å². The summed E-state index contributed by atoms with van der Waals surface area (Å²) in [5, 5.41) is 27.9. The first-order valence-electron chi connectivity index (χ1n) is 47.3. The van der Waals surface area contributed by atoms with E-state index in [4.69, 9.17) is 28.4 Å². The van der Waals surface area contributed by atoms with Crippen LogP contribution in [0.5, 0.6) is 0 Å². The van der Waals surface area contributed by atoms with Crippen molar-refractivity contribution in [2.24, 2.45) is 0 Å². The fourth-order valence-corrected chi connectivity index (χ4v) is 16.1. The van der Waals surface area contributed by atoms with E-state index < -0.39 is 138 Å². The molecule has 0 N–H and O–H groups in total. The Bertz CT molecular complexity index is 4870. The van der Waals surface area contributed by atoms with E-state index in [2.05, 4.69) is 270 Å². The highest BCUT2D eigenvalue weighted by atomic mass is 32.2. The summed E-state index contributed by atoms with van der Waals surface area (Å²) in [4.78, 5) is 0. The molecule has 0 saturated carbocycles. The lowest BCUT2D eigenvalue weighted by atomic mass is 9.88. The number of aromatic nitrogens is 9. The molecule has 0 atom stereocenters. The Morgan fingerprint density at radius 3 is 0.543 bits per heavy atom. The summed E-state index contributed by atoms with van der Waals surface area (Å²) < 4.78 is 222. The molecule has 0 aliphatic rings. The molecule has 11 aromatic rings. The third-order valence-electron chi connectivity index (χ3n) is 20.9. The molecular weight excluding hydrogens is 1840 g/mol. The van der Waals surface area contributed by atoms with Crippen molar-refractivity contribution in [1.82, 2.24) is 45.0 Å². The number of rotatable bonds is 39. The minimum Gasteiger partial charge on any atom is -0.374 e. The molecule has 756 valence electrons. The van der Waals surface area contributed by atoms with Crippen molar-refractivity contribution < 1.29 is 81.1 Å². The summed E-state index contributed by atoms with van der Waals surface area (Å²) in [5.74, 6) is -23.5. The second kappa shape index (κ2) is 54.4. The first-order valence-corrected chi connectivity index (χ1v) is 50.4. The molecule has 138 heavy (non-hydrogen) atoms. The molecule has 11 rings (SSSR count). The van der Waals surface area contributed by atoms with Crippen LogP contribution in [-0.4, -0.2) is 97.4 Å². The van der Waals surface area contributed by atoms with Crippen LogP contribution in [-0.2, 0) is 85.3 Å². The summed E-state index contributed by atoms with van der Waals surface area (Å²) in [5.41, 5.74) is 6.00. The number of ether oxygens (including phenoxy) is 6. The molecule has 0 spiro atoms. The number of benzene rings is 8. The second-order valence-electron chi connectivity index (χ2n) is 38.4. The predicted molar refractivity (Wildman–Crippen MR) is 537 cm³/mol. The number of hydrogen-bond acceptors (Lipinski definition) is 15.